The highest BCUT2D eigenvalue weighted by molar-refractivity contribution is 5.79. The molecule has 0 aliphatic heterocycles. The fourth-order valence-electron chi connectivity index (χ4n) is 0.896. The zero-order valence-electron chi connectivity index (χ0n) is 7.25. The molecule has 0 bridgehead atoms. The average Bonchev–Trinajstić information content (AvgIpc) is 2.16. The van der Waals surface area contributed by atoms with Gasteiger partial charge in [0.25, 0.3) is 0 Å². The van der Waals surface area contributed by atoms with Crippen LogP contribution in [0.2, 0.25) is 0 Å². The smallest absolute Gasteiger partial charge is 0.341 e. The Morgan fingerprint density at radius 3 is 3.00 bits per heavy atom. The summed E-state index contributed by atoms with van der Waals surface area (Å²) < 4.78 is 4.91. The first-order chi connectivity index (χ1) is 6.72. The van der Waals surface area contributed by atoms with Crippen molar-refractivity contribution in [2.75, 3.05) is 6.61 Å². The first-order valence-electron chi connectivity index (χ1n) is 3.84. The molecule has 0 aromatic heterocycles. The van der Waals surface area contributed by atoms with Crippen molar-refractivity contribution in [3.05, 3.63) is 29.8 Å². The van der Waals surface area contributed by atoms with Crippen molar-refractivity contribution in [1.82, 2.24) is 0 Å². The lowest BCUT2D eigenvalue weighted by molar-refractivity contribution is -0.139. The molecule has 0 aliphatic rings. The Kier molecular flexibility index (Phi) is 3.49. The predicted octanol–water partition coefficient (Wildman–Crippen LogP) is 0.958. The van der Waals surface area contributed by atoms with E-state index >= 15 is 0 Å². The minimum Gasteiger partial charge on any atom is -0.482 e. The fraction of sp³-hybridized carbons (Fsp3) is 0.111. The molecule has 5 heteroatoms. The zero-order chi connectivity index (χ0) is 10.4. The molecular formula is C9H9NO4. The summed E-state index contributed by atoms with van der Waals surface area (Å²) in [5, 5.41) is 19.5. The molecule has 0 aliphatic carbocycles. The van der Waals surface area contributed by atoms with E-state index in [2.05, 4.69) is 5.16 Å². The van der Waals surface area contributed by atoms with Gasteiger partial charge in [-0.05, 0) is 17.7 Å². The van der Waals surface area contributed by atoms with Crippen LogP contribution in [0.5, 0.6) is 5.75 Å². The first-order valence-corrected chi connectivity index (χ1v) is 3.84. The molecule has 0 radical (unpaired) electrons. The van der Waals surface area contributed by atoms with Crippen LogP contribution in [0.15, 0.2) is 29.4 Å². The van der Waals surface area contributed by atoms with Gasteiger partial charge >= 0.3 is 5.97 Å². The van der Waals surface area contributed by atoms with Gasteiger partial charge in [-0.2, -0.15) is 0 Å². The predicted molar refractivity (Wildman–Crippen MR) is 49.0 cm³/mol. The maximum atomic E-state index is 10.2. The molecule has 0 saturated heterocycles. The number of hydrogen-bond donors (Lipinski definition) is 2. The third-order valence-electron chi connectivity index (χ3n) is 1.43. The lowest BCUT2D eigenvalue weighted by atomic mass is 10.2. The van der Waals surface area contributed by atoms with Gasteiger partial charge in [0.1, 0.15) is 5.75 Å². The van der Waals surface area contributed by atoms with Crippen molar-refractivity contribution < 1.29 is 19.8 Å². The summed E-state index contributed by atoms with van der Waals surface area (Å²) in [5.74, 6) is -0.615. The minimum absolute atomic E-state index is 0.389. The van der Waals surface area contributed by atoms with Crippen LogP contribution in [-0.2, 0) is 4.79 Å². The van der Waals surface area contributed by atoms with E-state index in [0.717, 1.165) is 0 Å². The van der Waals surface area contributed by atoms with Gasteiger partial charge in [0.15, 0.2) is 6.61 Å². The summed E-state index contributed by atoms with van der Waals surface area (Å²) in [5.41, 5.74) is 0.635. The average molecular weight is 195 g/mol. The second-order valence-corrected chi connectivity index (χ2v) is 2.50. The Bertz CT molecular complexity index is 348. The number of carbonyl (C=O) groups is 1. The molecular weight excluding hydrogens is 186 g/mol. The highest BCUT2D eigenvalue weighted by atomic mass is 16.5. The molecule has 0 saturated carbocycles. The number of aliphatic carboxylic acids is 1. The van der Waals surface area contributed by atoms with Gasteiger partial charge < -0.3 is 15.1 Å². The molecule has 1 aromatic carbocycles. The Labute approximate surface area is 80.2 Å². The van der Waals surface area contributed by atoms with Gasteiger partial charge in [-0.15, -0.1) is 0 Å². The number of oxime groups is 1. The third kappa shape index (κ3) is 3.14. The molecule has 2 N–H and O–H groups in total. The molecule has 14 heavy (non-hydrogen) atoms. The quantitative estimate of drug-likeness (QED) is 0.426. The first kappa shape index (κ1) is 10.0. The van der Waals surface area contributed by atoms with E-state index in [9.17, 15) is 4.79 Å². The van der Waals surface area contributed by atoms with E-state index in [1.807, 2.05) is 0 Å². The van der Waals surface area contributed by atoms with Gasteiger partial charge in [-0.25, -0.2) is 4.79 Å². The van der Waals surface area contributed by atoms with Crippen LogP contribution in [0.4, 0.5) is 0 Å². The fourth-order valence-corrected chi connectivity index (χ4v) is 0.896. The highest BCUT2D eigenvalue weighted by Gasteiger charge is 1.99. The van der Waals surface area contributed by atoms with E-state index in [0.29, 0.717) is 11.3 Å². The van der Waals surface area contributed by atoms with Crippen LogP contribution in [0, 0.1) is 0 Å². The second kappa shape index (κ2) is 4.86. The van der Waals surface area contributed by atoms with Crippen molar-refractivity contribution in [3.63, 3.8) is 0 Å². The molecule has 0 spiro atoms. The second-order valence-electron chi connectivity index (χ2n) is 2.50. The molecule has 0 atom stereocenters. The van der Waals surface area contributed by atoms with Crippen LogP contribution in [-0.4, -0.2) is 29.1 Å². The van der Waals surface area contributed by atoms with Gasteiger partial charge in [-0.1, -0.05) is 17.3 Å². The lowest BCUT2D eigenvalue weighted by Gasteiger charge is -2.02. The van der Waals surface area contributed by atoms with Crippen molar-refractivity contribution in [1.29, 1.82) is 0 Å². The van der Waals surface area contributed by atoms with Crippen molar-refractivity contribution in [3.8, 4) is 5.75 Å². The summed E-state index contributed by atoms with van der Waals surface area (Å²) in [6, 6.07) is 6.57. The minimum atomic E-state index is -1.04. The van der Waals surface area contributed by atoms with E-state index in [4.69, 9.17) is 15.1 Å². The van der Waals surface area contributed by atoms with Crippen LogP contribution in [0.3, 0.4) is 0 Å². The molecule has 0 amide bonds. The normalized spacial score (nSPS) is 10.3. The lowest BCUT2D eigenvalue weighted by Crippen LogP contribution is -2.09. The summed E-state index contributed by atoms with van der Waals surface area (Å²) in [6.45, 7) is -0.389. The zero-order valence-corrected chi connectivity index (χ0v) is 7.25. The SMILES string of the molecule is O=C(O)COc1cccc(/C=N/O)c1. The summed E-state index contributed by atoms with van der Waals surface area (Å²) in [7, 11) is 0. The summed E-state index contributed by atoms with van der Waals surface area (Å²) in [6.07, 6.45) is 1.23. The van der Waals surface area contributed by atoms with E-state index in [1.165, 1.54) is 6.21 Å². The molecule has 0 unspecified atom stereocenters. The topological polar surface area (TPSA) is 79.1 Å². The number of benzene rings is 1. The number of ether oxygens (including phenoxy) is 1. The van der Waals surface area contributed by atoms with Gasteiger partial charge in [0.05, 0.1) is 6.21 Å². The molecule has 0 heterocycles. The van der Waals surface area contributed by atoms with Gasteiger partial charge in [0, 0.05) is 0 Å². The van der Waals surface area contributed by atoms with Crippen molar-refractivity contribution in [2.24, 2.45) is 5.16 Å². The van der Waals surface area contributed by atoms with Crippen LogP contribution < -0.4 is 4.74 Å². The highest BCUT2D eigenvalue weighted by Crippen LogP contribution is 2.11. The van der Waals surface area contributed by atoms with Gasteiger partial charge in [0.2, 0.25) is 0 Å². The Hall–Kier alpha value is -2.04. The van der Waals surface area contributed by atoms with Crippen LogP contribution in [0.1, 0.15) is 5.56 Å². The maximum Gasteiger partial charge on any atom is 0.341 e. The standard InChI is InChI=1S/C9H9NO4/c11-9(12)6-14-8-3-1-2-7(4-8)5-10-13/h1-5,13H,6H2,(H,11,12)/b10-5+. The summed E-state index contributed by atoms with van der Waals surface area (Å²) in [4.78, 5) is 10.2. The maximum absolute atomic E-state index is 10.2. The van der Waals surface area contributed by atoms with Crippen molar-refractivity contribution in [2.45, 2.75) is 0 Å². The van der Waals surface area contributed by atoms with E-state index in [-0.39, 0.29) is 6.61 Å². The summed E-state index contributed by atoms with van der Waals surface area (Å²) >= 11 is 0. The molecule has 1 rings (SSSR count). The van der Waals surface area contributed by atoms with E-state index < -0.39 is 5.97 Å². The number of rotatable bonds is 4. The molecule has 5 nitrogen and oxygen atoms in total. The molecule has 0 fully saturated rings. The number of nitrogens with zero attached hydrogens (tertiary/aromatic N) is 1. The Balaban J connectivity index is 2.68. The van der Waals surface area contributed by atoms with Crippen molar-refractivity contribution >= 4 is 12.2 Å². The molecule has 74 valence electrons. The third-order valence-corrected chi connectivity index (χ3v) is 1.43. The number of hydrogen-bond acceptors (Lipinski definition) is 4. The van der Waals surface area contributed by atoms with Crippen LogP contribution in [0.25, 0.3) is 0 Å². The Morgan fingerprint density at radius 1 is 1.57 bits per heavy atom. The molecule has 1 aromatic rings. The monoisotopic (exact) mass is 195 g/mol. The van der Waals surface area contributed by atoms with E-state index in [1.54, 1.807) is 24.3 Å². The van der Waals surface area contributed by atoms with Crippen LogP contribution >= 0.6 is 0 Å². The largest absolute Gasteiger partial charge is 0.482 e. The number of carboxylic acid groups (broad SMARTS) is 1. The number of carboxylic acids is 1. The Morgan fingerprint density at radius 2 is 2.36 bits per heavy atom. The van der Waals surface area contributed by atoms with Gasteiger partial charge in [-0.3, -0.25) is 0 Å².